The molecule has 1 rings (SSSR count). The predicted octanol–water partition coefficient (Wildman–Crippen LogP) is 1.98. The van der Waals surface area contributed by atoms with E-state index in [9.17, 15) is 23.3 Å². The minimum atomic E-state index is -4.89. The Hall–Kier alpha value is -2.14. The van der Waals surface area contributed by atoms with Gasteiger partial charge in [-0.1, -0.05) is 0 Å². The quantitative estimate of drug-likeness (QED) is 0.638. The summed E-state index contributed by atoms with van der Waals surface area (Å²) in [7, 11) is 0. The van der Waals surface area contributed by atoms with Crippen LogP contribution in [0.2, 0.25) is 0 Å². The molecule has 17 heavy (non-hydrogen) atoms. The van der Waals surface area contributed by atoms with E-state index in [1.165, 1.54) is 0 Å². The highest BCUT2D eigenvalue weighted by Crippen LogP contribution is 2.36. The van der Waals surface area contributed by atoms with Crippen LogP contribution in [-0.2, 0) is 12.8 Å². The fourth-order valence-electron chi connectivity index (χ4n) is 1.26. The first-order valence-electron chi connectivity index (χ1n) is 4.20. The van der Waals surface area contributed by atoms with Gasteiger partial charge in [-0.05, 0) is 11.6 Å². The molecule has 0 radical (unpaired) electrons. The SMILES string of the molecule is N#Cc1c([N+](=O)[O-])cc(CO)cc1C(F)(F)F. The fourth-order valence-corrected chi connectivity index (χ4v) is 1.26. The van der Waals surface area contributed by atoms with Crippen molar-refractivity contribution in [2.24, 2.45) is 0 Å². The van der Waals surface area contributed by atoms with Crippen molar-refractivity contribution in [3.05, 3.63) is 38.9 Å². The molecule has 0 fully saturated rings. The lowest BCUT2D eigenvalue weighted by atomic mass is 10.0. The summed E-state index contributed by atoms with van der Waals surface area (Å²) in [6.07, 6.45) is -4.89. The van der Waals surface area contributed by atoms with Crippen LogP contribution in [0.15, 0.2) is 12.1 Å². The van der Waals surface area contributed by atoms with E-state index in [1.54, 1.807) is 0 Å². The molecular formula is C9H5F3N2O3. The van der Waals surface area contributed by atoms with Crippen LogP contribution in [-0.4, -0.2) is 10.0 Å². The van der Waals surface area contributed by atoms with Gasteiger partial charge in [-0.3, -0.25) is 10.1 Å². The first-order valence-corrected chi connectivity index (χ1v) is 4.20. The summed E-state index contributed by atoms with van der Waals surface area (Å²) in [5.74, 6) is 0. The second-order valence-electron chi connectivity index (χ2n) is 3.06. The molecule has 0 aliphatic rings. The van der Waals surface area contributed by atoms with Gasteiger partial charge in [0.05, 0.1) is 17.1 Å². The lowest BCUT2D eigenvalue weighted by Crippen LogP contribution is -2.11. The van der Waals surface area contributed by atoms with Crippen molar-refractivity contribution in [1.82, 2.24) is 0 Å². The van der Waals surface area contributed by atoms with Gasteiger partial charge in [0.25, 0.3) is 5.69 Å². The van der Waals surface area contributed by atoms with Gasteiger partial charge in [-0.15, -0.1) is 0 Å². The summed E-state index contributed by atoms with van der Waals surface area (Å²) in [5, 5.41) is 27.8. The van der Waals surface area contributed by atoms with Gasteiger partial charge >= 0.3 is 6.18 Å². The maximum atomic E-state index is 12.5. The van der Waals surface area contributed by atoms with Crippen LogP contribution in [0.3, 0.4) is 0 Å². The largest absolute Gasteiger partial charge is 0.417 e. The van der Waals surface area contributed by atoms with E-state index in [-0.39, 0.29) is 5.56 Å². The smallest absolute Gasteiger partial charge is 0.392 e. The van der Waals surface area contributed by atoms with E-state index in [2.05, 4.69) is 0 Å². The second kappa shape index (κ2) is 4.39. The van der Waals surface area contributed by atoms with Crippen LogP contribution in [0.1, 0.15) is 16.7 Å². The highest BCUT2D eigenvalue weighted by Gasteiger charge is 2.37. The molecule has 0 unspecified atom stereocenters. The number of rotatable bonds is 2. The van der Waals surface area contributed by atoms with Gasteiger partial charge in [0.2, 0.25) is 0 Å². The molecule has 8 heteroatoms. The number of alkyl halides is 3. The monoisotopic (exact) mass is 246 g/mol. The van der Waals surface area contributed by atoms with E-state index in [4.69, 9.17) is 10.4 Å². The maximum Gasteiger partial charge on any atom is 0.417 e. The number of nitriles is 1. The number of hydrogen-bond donors (Lipinski definition) is 1. The van der Waals surface area contributed by atoms with Crippen LogP contribution in [0.4, 0.5) is 18.9 Å². The summed E-state index contributed by atoms with van der Waals surface area (Å²) in [6.45, 7) is -0.782. The Morgan fingerprint density at radius 2 is 2.06 bits per heavy atom. The summed E-state index contributed by atoms with van der Waals surface area (Å²) in [5.41, 5.74) is -3.72. The van der Waals surface area contributed by atoms with Crippen molar-refractivity contribution in [3.63, 3.8) is 0 Å². The maximum absolute atomic E-state index is 12.5. The van der Waals surface area contributed by atoms with Crippen LogP contribution in [0, 0.1) is 21.4 Å². The minimum Gasteiger partial charge on any atom is -0.392 e. The summed E-state index contributed by atoms with van der Waals surface area (Å²) < 4.78 is 37.6. The number of aliphatic hydroxyl groups is 1. The molecule has 1 aromatic carbocycles. The summed E-state index contributed by atoms with van der Waals surface area (Å²) in [4.78, 5) is 9.44. The number of aliphatic hydroxyl groups excluding tert-OH is 1. The fraction of sp³-hybridized carbons (Fsp3) is 0.222. The van der Waals surface area contributed by atoms with Gasteiger partial charge in [0, 0.05) is 6.07 Å². The topological polar surface area (TPSA) is 87.2 Å². The molecular weight excluding hydrogens is 241 g/mol. The number of benzene rings is 1. The average Bonchev–Trinajstić information content (AvgIpc) is 2.25. The van der Waals surface area contributed by atoms with Gasteiger partial charge in [-0.2, -0.15) is 18.4 Å². The lowest BCUT2D eigenvalue weighted by Gasteiger charge is -2.10. The molecule has 0 aliphatic heterocycles. The standard InChI is InChI=1S/C9H5F3N2O3/c10-9(11,12)7-1-5(4-15)2-8(14(16)17)6(7)3-13/h1-2,15H,4H2. The van der Waals surface area contributed by atoms with E-state index in [1.807, 2.05) is 0 Å². The molecule has 0 spiro atoms. The first-order chi connectivity index (χ1) is 7.81. The Morgan fingerprint density at radius 3 is 2.41 bits per heavy atom. The Labute approximate surface area is 92.9 Å². The van der Waals surface area contributed by atoms with Crippen molar-refractivity contribution >= 4 is 5.69 Å². The van der Waals surface area contributed by atoms with Crippen molar-refractivity contribution in [1.29, 1.82) is 5.26 Å². The zero-order chi connectivity index (χ0) is 13.2. The zero-order valence-corrected chi connectivity index (χ0v) is 8.15. The molecule has 90 valence electrons. The molecule has 0 aliphatic carbocycles. The highest BCUT2D eigenvalue weighted by atomic mass is 19.4. The van der Waals surface area contributed by atoms with E-state index in [0.29, 0.717) is 6.07 Å². The van der Waals surface area contributed by atoms with Gasteiger partial charge in [-0.25, -0.2) is 0 Å². The average molecular weight is 246 g/mol. The molecule has 0 aromatic heterocycles. The molecule has 0 saturated heterocycles. The minimum absolute atomic E-state index is 0.275. The third-order valence-corrected chi connectivity index (χ3v) is 1.97. The third kappa shape index (κ3) is 2.51. The van der Waals surface area contributed by atoms with Crippen molar-refractivity contribution in [2.75, 3.05) is 0 Å². The molecule has 5 nitrogen and oxygen atoms in total. The Bertz CT molecular complexity index is 505. The van der Waals surface area contributed by atoms with E-state index < -0.39 is 34.5 Å². The molecule has 0 saturated carbocycles. The normalized spacial score (nSPS) is 11.0. The molecule has 0 heterocycles. The lowest BCUT2D eigenvalue weighted by molar-refractivity contribution is -0.385. The molecule has 1 aromatic rings. The number of halogens is 3. The van der Waals surface area contributed by atoms with E-state index >= 15 is 0 Å². The van der Waals surface area contributed by atoms with Gasteiger partial charge in [0.15, 0.2) is 0 Å². The van der Waals surface area contributed by atoms with Crippen molar-refractivity contribution < 1.29 is 23.2 Å². The Kier molecular flexibility index (Phi) is 3.34. The Balaban J connectivity index is 3.64. The number of nitrogens with zero attached hydrogens (tertiary/aromatic N) is 2. The second-order valence-corrected chi connectivity index (χ2v) is 3.06. The highest BCUT2D eigenvalue weighted by molar-refractivity contribution is 5.56. The predicted molar refractivity (Wildman–Crippen MR) is 48.7 cm³/mol. The van der Waals surface area contributed by atoms with Crippen molar-refractivity contribution in [3.8, 4) is 6.07 Å². The number of hydrogen-bond acceptors (Lipinski definition) is 4. The Morgan fingerprint density at radius 1 is 1.47 bits per heavy atom. The van der Waals surface area contributed by atoms with Gasteiger partial charge in [0.1, 0.15) is 11.6 Å². The first kappa shape index (κ1) is 12.9. The molecule has 0 amide bonds. The van der Waals surface area contributed by atoms with Crippen LogP contribution in [0.25, 0.3) is 0 Å². The van der Waals surface area contributed by atoms with Crippen LogP contribution < -0.4 is 0 Å². The number of nitro groups is 1. The van der Waals surface area contributed by atoms with E-state index in [0.717, 1.165) is 12.1 Å². The number of nitro benzene ring substituents is 1. The zero-order valence-electron chi connectivity index (χ0n) is 8.15. The van der Waals surface area contributed by atoms with Gasteiger partial charge < -0.3 is 5.11 Å². The molecule has 0 bridgehead atoms. The van der Waals surface area contributed by atoms with Crippen molar-refractivity contribution in [2.45, 2.75) is 12.8 Å². The summed E-state index contributed by atoms with van der Waals surface area (Å²) >= 11 is 0. The summed E-state index contributed by atoms with van der Waals surface area (Å²) in [6, 6.07) is 2.42. The molecule has 0 atom stereocenters. The van der Waals surface area contributed by atoms with Crippen LogP contribution >= 0.6 is 0 Å². The van der Waals surface area contributed by atoms with Crippen LogP contribution in [0.5, 0.6) is 0 Å². The molecule has 1 N–H and O–H groups in total. The third-order valence-electron chi connectivity index (χ3n) is 1.97.